The predicted octanol–water partition coefficient (Wildman–Crippen LogP) is 2.28. The molecule has 0 aliphatic carbocycles. The van der Waals surface area contributed by atoms with Crippen LogP contribution in [-0.4, -0.2) is 9.55 Å². The molecule has 0 aliphatic heterocycles. The van der Waals surface area contributed by atoms with Gasteiger partial charge in [-0.3, -0.25) is 4.79 Å². The van der Waals surface area contributed by atoms with Crippen LogP contribution in [-0.2, 0) is 0 Å². The van der Waals surface area contributed by atoms with Gasteiger partial charge in [-0.05, 0) is 31.2 Å². The summed E-state index contributed by atoms with van der Waals surface area (Å²) in [5.74, 6) is 0.201. The maximum absolute atomic E-state index is 12.5. The summed E-state index contributed by atoms with van der Waals surface area (Å²) >= 11 is 0. The van der Waals surface area contributed by atoms with Gasteiger partial charge in [-0.25, -0.2) is 9.55 Å². The quantitative estimate of drug-likeness (QED) is 0.721. The van der Waals surface area contributed by atoms with Crippen LogP contribution in [0.5, 0.6) is 0 Å². The van der Waals surface area contributed by atoms with E-state index >= 15 is 0 Å². The van der Waals surface area contributed by atoms with E-state index in [1.807, 2.05) is 55.5 Å². The average Bonchev–Trinajstić information content (AvgIpc) is 2.41. The highest BCUT2D eigenvalue weighted by molar-refractivity contribution is 5.79. The van der Waals surface area contributed by atoms with Gasteiger partial charge in [0.05, 0.1) is 16.6 Å². The number of hydrogen-bond acceptors (Lipinski definition) is 3. The molecule has 0 saturated heterocycles. The van der Waals surface area contributed by atoms with Gasteiger partial charge in [0.2, 0.25) is 5.95 Å². The summed E-state index contributed by atoms with van der Waals surface area (Å²) in [6.07, 6.45) is 0. The van der Waals surface area contributed by atoms with E-state index in [1.54, 1.807) is 0 Å². The van der Waals surface area contributed by atoms with Gasteiger partial charge in [0.15, 0.2) is 0 Å². The second-order valence-corrected chi connectivity index (χ2v) is 4.47. The number of nitrogen functional groups attached to an aromatic ring is 1. The summed E-state index contributed by atoms with van der Waals surface area (Å²) in [6, 6.07) is 14.9. The molecule has 19 heavy (non-hydrogen) atoms. The van der Waals surface area contributed by atoms with Crippen molar-refractivity contribution in [3.8, 4) is 5.69 Å². The lowest BCUT2D eigenvalue weighted by Crippen LogP contribution is -2.23. The topological polar surface area (TPSA) is 60.9 Å². The van der Waals surface area contributed by atoms with Crippen molar-refractivity contribution >= 4 is 16.9 Å². The average molecular weight is 251 g/mol. The molecule has 2 N–H and O–H groups in total. The Kier molecular flexibility index (Phi) is 2.56. The van der Waals surface area contributed by atoms with Gasteiger partial charge in [-0.2, -0.15) is 0 Å². The molecule has 1 heterocycles. The lowest BCUT2D eigenvalue weighted by atomic mass is 10.1. The lowest BCUT2D eigenvalue weighted by molar-refractivity contribution is 0.982. The van der Waals surface area contributed by atoms with Gasteiger partial charge >= 0.3 is 0 Å². The van der Waals surface area contributed by atoms with Crippen LogP contribution in [0.2, 0.25) is 0 Å². The van der Waals surface area contributed by atoms with E-state index in [0.717, 1.165) is 11.3 Å². The van der Waals surface area contributed by atoms with Crippen LogP contribution in [0.25, 0.3) is 16.6 Å². The smallest absolute Gasteiger partial charge is 0.267 e. The van der Waals surface area contributed by atoms with E-state index in [9.17, 15) is 4.79 Å². The third-order valence-corrected chi connectivity index (χ3v) is 3.06. The number of aryl methyl sites for hydroxylation is 1. The van der Waals surface area contributed by atoms with Crippen molar-refractivity contribution in [1.82, 2.24) is 9.55 Å². The van der Waals surface area contributed by atoms with Crippen LogP contribution >= 0.6 is 0 Å². The predicted molar refractivity (Wildman–Crippen MR) is 76.5 cm³/mol. The molecule has 4 nitrogen and oxygen atoms in total. The van der Waals surface area contributed by atoms with E-state index in [0.29, 0.717) is 10.9 Å². The maximum atomic E-state index is 12.5. The summed E-state index contributed by atoms with van der Waals surface area (Å²) in [7, 11) is 0. The molecule has 4 heteroatoms. The largest absolute Gasteiger partial charge is 0.369 e. The number of anilines is 1. The first kappa shape index (κ1) is 11.5. The van der Waals surface area contributed by atoms with Gasteiger partial charge in [0, 0.05) is 0 Å². The minimum atomic E-state index is -0.141. The molecular formula is C15H13N3O. The minimum absolute atomic E-state index is 0.141. The van der Waals surface area contributed by atoms with Crippen molar-refractivity contribution in [2.45, 2.75) is 6.92 Å². The summed E-state index contributed by atoms with van der Waals surface area (Å²) in [4.78, 5) is 16.8. The number of fused-ring (bicyclic) bond motifs is 1. The fraction of sp³-hybridized carbons (Fsp3) is 0.0667. The number of aromatic nitrogens is 2. The van der Waals surface area contributed by atoms with Crippen molar-refractivity contribution in [3.05, 3.63) is 64.4 Å². The Morgan fingerprint density at radius 1 is 1.11 bits per heavy atom. The Labute approximate surface area is 110 Å². The van der Waals surface area contributed by atoms with Gasteiger partial charge in [0.1, 0.15) is 0 Å². The number of para-hydroxylation sites is 1. The van der Waals surface area contributed by atoms with Crippen molar-refractivity contribution in [2.75, 3.05) is 5.73 Å². The molecule has 94 valence electrons. The van der Waals surface area contributed by atoms with Gasteiger partial charge < -0.3 is 5.73 Å². The zero-order valence-corrected chi connectivity index (χ0v) is 10.5. The zero-order valence-electron chi connectivity index (χ0n) is 10.5. The first-order valence-electron chi connectivity index (χ1n) is 6.01. The highest BCUT2D eigenvalue weighted by Gasteiger charge is 2.10. The van der Waals surface area contributed by atoms with Gasteiger partial charge in [-0.1, -0.05) is 29.8 Å². The normalized spacial score (nSPS) is 10.8. The molecule has 3 rings (SSSR count). The molecule has 0 aliphatic rings. The summed E-state index contributed by atoms with van der Waals surface area (Å²) in [6.45, 7) is 1.95. The fourth-order valence-corrected chi connectivity index (χ4v) is 2.14. The van der Waals surface area contributed by atoms with Crippen molar-refractivity contribution in [2.24, 2.45) is 0 Å². The lowest BCUT2D eigenvalue weighted by Gasteiger charge is -2.10. The monoisotopic (exact) mass is 251 g/mol. The maximum Gasteiger partial charge on any atom is 0.267 e. The number of nitrogens with zero attached hydrogens (tertiary/aromatic N) is 2. The summed E-state index contributed by atoms with van der Waals surface area (Å²) in [5, 5.41) is 0.582. The van der Waals surface area contributed by atoms with Crippen molar-refractivity contribution in [1.29, 1.82) is 0 Å². The van der Waals surface area contributed by atoms with Crippen LogP contribution in [0.15, 0.2) is 53.3 Å². The number of nitrogens with two attached hydrogens (primary N) is 1. The molecule has 1 aromatic heterocycles. The third-order valence-electron chi connectivity index (χ3n) is 3.06. The van der Waals surface area contributed by atoms with E-state index in [1.165, 1.54) is 4.57 Å². The van der Waals surface area contributed by atoms with E-state index in [-0.39, 0.29) is 11.5 Å². The minimum Gasteiger partial charge on any atom is -0.369 e. The molecule has 3 aromatic rings. The van der Waals surface area contributed by atoms with Crippen molar-refractivity contribution < 1.29 is 0 Å². The van der Waals surface area contributed by atoms with E-state index in [4.69, 9.17) is 5.73 Å². The highest BCUT2D eigenvalue weighted by Crippen LogP contribution is 2.15. The molecule has 2 aromatic carbocycles. The molecule has 0 radical (unpaired) electrons. The van der Waals surface area contributed by atoms with Crippen molar-refractivity contribution in [3.63, 3.8) is 0 Å². The molecule has 0 fully saturated rings. The fourth-order valence-electron chi connectivity index (χ4n) is 2.14. The second-order valence-electron chi connectivity index (χ2n) is 4.47. The van der Waals surface area contributed by atoms with E-state index < -0.39 is 0 Å². The van der Waals surface area contributed by atoms with Crippen LogP contribution in [0.1, 0.15) is 5.56 Å². The second kappa shape index (κ2) is 4.24. The van der Waals surface area contributed by atoms with Gasteiger partial charge in [0.25, 0.3) is 5.56 Å². The highest BCUT2D eigenvalue weighted by atomic mass is 16.1. The molecule has 0 saturated carbocycles. The number of rotatable bonds is 1. The molecule has 0 atom stereocenters. The standard InChI is InChI=1S/C15H13N3O/c1-10-7-8-13-12(9-10)14(19)18(15(16)17-13)11-5-3-2-4-6-11/h2-9H,1H3,(H2,16,17). The van der Waals surface area contributed by atoms with Crippen LogP contribution < -0.4 is 11.3 Å². The Morgan fingerprint density at radius 3 is 2.58 bits per heavy atom. The summed E-state index contributed by atoms with van der Waals surface area (Å²) < 4.78 is 1.43. The van der Waals surface area contributed by atoms with Gasteiger partial charge in [-0.15, -0.1) is 0 Å². The van der Waals surface area contributed by atoms with E-state index in [2.05, 4.69) is 4.98 Å². The zero-order chi connectivity index (χ0) is 13.4. The Balaban J connectivity index is 2.41. The molecule has 0 unspecified atom stereocenters. The van der Waals surface area contributed by atoms with Crippen LogP contribution in [0, 0.1) is 6.92 Å². The Hall–Kier alpha value is -2.62. The Bertz CT molecular complexity index is 807. The molecular weight excluding hydrogens is 238 g/mol. The van der Waals surface area contributed by atoms with Crippen LogP contribution in [0.3, 0.4) is 0 Å². The molecule has 0 amide bonds. The first-order chi connectivity index (χ1) is 9.16. The first-order valence-corrected chi connectivity index (χ1v) is 6.01. The molecule has 0 spiro atoms. The third kappa shape index (κ3) is 1.87. The number of benzene rings is 2. The SMILES string of the molecule is Cc1ccc2nc(N)n(-c3ccccc3)c(=O)c2c1. The molecule has 0 bridgehead atoms. The summed E-state index contributed by atoms with van der Waals surface area (Å²) in [5.41, 5.74) is 8.14. The van der Waals surface area contributed by atoms with Crippen LogP contribution in [0.4, 0.5) is 5.95 Å². The number of hydrogen-bond donors (Lipinski definition) is 1. The Morgan fingerprint density at radius 2 is 1.84 bits per heavy atom.